The third kappa shape index (κ3) is 3.74. The predicted molar refractivity (Wildman–Crippen MR) is 79.8 cm³/mol. The number of methoxy groups -OCH3 is 1. The number of nitrogen functional groups attached to an aromatic ring is 1. The van der Waals surface area contributed by atoms with E-state index in [0.29, 0.717) is 5.69 Å². The zero-order valence-corrected chi connectivity index (χ0v) is 12.2. The number of ether oxygens (including phenoxy) is 1. The minimum atomic E-state index is -0.436. The van der Waals surface area contributed by atoms with Crippen molar-refractivity contribution in [3.8, 4) is 5.75 Å². The summed E-state index contributed by atoms with van der Waals surface area (Å²) in [6, 6.07) is 2.89. The molecule has 5 nitrogen and oxygen atoms in total. The van der Waals surface area contributed by atoms with Crippen LogP contribution in [0, 0.1) is 5.82 Å². The molecule has 0 saturated carbocycles. The fourth-order valence-corrected chi connectivity index (χ4v) is 2.30. The summed E-state index contributed by atoms with van der Waals surface area (Å²) in [5.74, 6) is -0.226. The zero-order valence-electron chi connectivity index (χ0n) is 12.2. The van der Waals surface area contributed by atoms with Crippen LogP contribution in [0.3, 0.4) is 0 Å². The summed E-state index contributed by atoms with van der Waals surface area (Å²) in [5, 5.41) is 3.25. The van der Waals surface area contributed by atoms with Crippen LogP contribution >= 0.6 is 0 Å². The van der Waals surface area contributed by atoms with E-state index >= 15 is 0 Å². The average molecular weight is 282 g/mol. The molecule has 0 unspecified atom stereocenters. The molecule has 1 aromatic rings. The lowest BCUT2D eigenvalue weighted by atomic mass is 10.2. The van der Waals surface area contributed by atoms with Crippen molar-refractivity contribution in [2.75, 3.05) is 64.5 Å². The molecule has 6 heteroatoms. The lowest BCUT2D eigenvalue weighted by Crippen LogP contribution is -2.45. The van der Waals surface area contributed by atoms with Gasteiger partial charge in [0.1, 0.15) is 0 Å². The van der Waals surface area contributed by atoms with E-state index in [1.54, 1.807) is 6.07 Å². The Labute approximate surface area is 119 Å². The second kappa shape index (κ2) is 6.76. The first kappa shape index (κ1) is 14.9. The van der Waals surface area contributed by atoms with Gasteiger partial charge in [0.2, 0.25) is 0 Å². The molecule has 0 amide bonds. The minimum Gasteiger partial charge on any atom is -0.494 e. The van der Waals surface area contributed by atoms with Crippen LogP contribution in [0.4, 0.5) is 15.8 Å². The van der Waals surface area contributed by atoms with E-state index in [1.165, 1.54) is 13.2 Å². The molecule has 112 valence electrons. The molecular formula is C14H23FN4O. The highest BCUT2D eigenvalue weighted by atomic mass is 19.1. The topological polar surface area (TPSA) is 53.8 Å². The fourth-order valence-electron chi connectivity index (χ4n) is 2.30. The Morgan fingerprint density at radius 1 is 1.30 bits per heavy atom. The highest BCUT2D eigenvalue weighted by molar-refractivity contribution is 5.68. The number of piperazine rings is 1. The first-order valence-electron chi connectivity index (χ1n) is 6.88. The largest absolute Gasteiger partial charge is 0.494 e. The summed E-state index contributed by atoms with van der Waals surface area (Å²) < 4.78 is 18.4. The lowest BCUT2D eigenvalue weighted by molar-refractivity contribution is 0.158. The molecule has 0 spiro atoms. The Hall–Kier alpha value is -1.53. The number of hydrogen-bond donors (Lipinski definition) is 2. The molecule has 1 saturated heterocycles. The number of halogens is 1. The number of anilines is 2. The Balaban J connectivity index is 1.85. The van der Waals surface area contributed by atoms with Crippen molar-refractivity contribution in [1.29, 1.82) is 0 Å². The molecule has 0 aliphatic carbocycles. The van der Waals surface area contributed by atoms with Gasteiger partial charge in [0.25, 0.3) is 0 Å². The number of nitrogens with one attached hydrogen (secondary N) is 1. The number of hydrogen-bond acceptors (Lipinski definition) is 5. The molecule has 2 rings (SSSR count). The molecule has 0 aromatic heterocycles. The van der Waals surface area contributed by atoms with Crippen LogP contribution in [-0.4, -0.2) is 63.2 Å². The molecule has 1 aliphatic rings. The second-order valence-electron chi connectivity index (χ2n) is 5.15. The number of nitrogens with zero attached hydrogens (tertiary/aromatic N) is 2. The van der Waals surface area contributed by atoms with E-state index in [2.05, 4.69) is 22.2 Å². The maximum absolute atomic E-state index is 13.4. The third-order valence-electron chi connectivity index (χ3n) is 3.66. The van der Waals surface area contributed by atoms with Gasteiger partial charge in [-0.25, -0.2) is 4.39 Å². The zero-order chi connectivity index (χ0) is 14.5. The maximum Gasteiger partial charge on any atom is 0.167 e. The quantitative estimate of drug-likeness (QED) is 0.791. The molecule has 0 radical (unpaired) electrons. The summed E-state index contributed by atoms with van der Waals surface area (Å²) in [7, 11) is 3.59. The molecule has 1 fully saturated rings. The normalized spacial score (nSPS) is 17.1. The van der Waals surface area contributed by atoms with Gasteiger partial charge < -0.3 is 20.7 Å². The first-order valence-corrected chi connectivity index (χ1v) is 6.88. The van der Waals surface area contributed by atoms with Gasteiger partial charge in [-0.1, -0.05) is 0 Å². The van der Waals surface area contributed by atoms with Crippen molar-refractivity contribution in [1.82, 2.24) is 9.80 Å². The van der Waals surface area contributed by atoms with Crippen molar-refractivity contribution in [2.45, 2.75) is 0 Å². The molecule has 1 aromatic carbocycles. The summed E-state index contributed by atoms with van der Waals surface area (Å²) in [6.45, 7) is 6.11. The predicted octanol–water partition coefficient (Wildman–Crippen LogP) is 1.08. The second-order valence-corrected chi connectivity index (χ2v) is 5.15. The van der Waals surface area contributed by atoms with Crippen molar-refractivity contribution in [3.05, 3.63) is 17.9 Å². The minimum absolute atomic E-state index is 0.210. The van der Waals surface area contributed by atoms with Gasteiger partial charge in [-0.3, -0.25) is 4.90 Å². The highest BCUT2D eigenvalue weighted by Gasteiger charge is 2.13. The smallest absolute Gasteiger partial charge is 0.167 e. The number of likely N-dealkylation sites (N-methyl/N-ethyl adjacent to an activating group) is 1. The van der Waals surface area contributed by atoms with Gasteiger partial charge in [-0.05, 0) is 7.05 Å². The van der Waals surface area contributed by atoms with Crippen LogP contribution in [0.15, 0.2) is 12.1 Å². The first-order chi connectivity index (χ1) is 9.60. The Kier molecular flexibility index (Phi) is 5.03. The van der Waals surface area contributed by atoms with E-state index in [1.807, 2.05) is 0 Å². The van der Waals surface area contributed by atoms with Crippen molar-refractivity contribution in [3.63, 3.8) is 0 Å². The SMILES string of the molecule is COc1cc(NCCN2CCN(C)CC2)c(N)cc1F. The molecule has 3 N–H and O–H groups in total. The number of nitrogens with two attached hydrogens (primary N) is 1. The number of rotatable bonds is 5. The Morgan fingerprint density at radius 3 is 2.65 bits per heavy atom. The Bertz CT molecular complexity index is 447. The van der Waals surface area contributed by atoms with Crippen LogP contribution in [0.5, 0.6) is 5.75 Å². The maximum atomic E-state index is 13.4. The van der Waals surface area contributed by atoms with Crippen LogP contribution in [0.1, 0.15) is 0 Å². The van der Waals surface area contributed by atoms with Crippen LogP contribution < -0.4 is 15.8 Å². The molecule has 0 atom stereocenters. The van der Waals surface area contributed by atoms with E-state index in [-0.39, 0.29) is 5.75 Å². The monoisotopic (exact) mass is 282 g/mol. The van der Waals surface area contributed by atoms with Crippen LogP contribution in [-0.2, 0) is 0 Å². The molecule has 0 bridgehead atoms. The van der Waals surface area contributed by atoms with Crippen LogP contribution in [0.2, 0.25) is 0 Å². The summed E-state index contributed by atoms with van der Waals surface area (Å²) in [5.41, 5.74) is 6.93. The molecule has 1 aliphatic heterocycles. The van der Waals surface area contributed by atoms with E-state index in [9.17, 15) is 4.39 Å². The number of benzene rings is 1. The van der Waals surface area contributed by atoms with Crippen molar-refractivity contribution in [2.24, 2.45) is 0 Å². The van der Waals surface area contributed by atoms with Crippen LogP contribution in [0.25, 0.3) is 0 Å². The van der Waals surface area contributed by atoms with E-state index in [0.717, 1.165) is 45.0 Å². The molecular weight excluding hydrogens is 259 g/mol. The van der Waals surface area contributed by atoms with Crippen molar-refractivity contribution < 1.29 is 9.13 Å². The van der Waals surface area contributed by atoms with Gasteiger partial charge in [0.15, 0.2) is 11.6 Å². The van der Waals surface area contributed by atoms with Gasteiger partial charge >= 0.3 is 0 Å². The van der Waals surface area contributed by atoms with E-state index < -0.39 is 5.82 Å². The molecule has 1 heterocycles. The average Bonchev–Trinajstić information content (AvgIpc) is 2.43. The fraction of sp³-hybridized carbons (Fsp3) is 0.571. The van der Waals surface area contributed by atoms with Gasteiger partial charge in [-0.2, -0.15) is 0 Å². The third-order valence-corrected chi connectivity index (χ3v) is 3.66. The Morgan fingerprint density at radius 2 is 2.00 bits per heavy atom. The summed E-state index contributed by atoms with van der Waals surface area (Å²) >= 11 is 0. The summed E-state index contributed by atoms with van der Waals surface area (Å²) in [4.78, 5) is 4.73. The lowest BCUT2D eigenvalue weighted by Gasteiger charge is -2.32. The molecule has 20 heavy (non-hydrogen) atoms. The standard InChI is InChI=1S/C14H23FN4O/c1-18-5-7-19(8-6-18)4-3-17-13-10-14(20-2)11(15)9-12(13)16/h9-10,17H,3-8,16H2,1-2H3. The van der Waals surface area contributed by atoms with Gasteiger partial charge in [0.05, 0.1) is 18.5 Å². The van der Waals surface area contributed by atoms with Crippen molar-refractivity contribution >= 4 is 11.4 Å². The van der Waals surface area contributed by atoms with Gasteiger partial charge in [-0.15, -0.1) is 0 Å². The van der Waals surface area contributed by atoms with E-state index in [4.69, 9.17) is 10.5 Å². The van der Waals surface area contributed by atoms with Gasteiger partial charge in [0, 0.05) is 51.4 Å². The summed E-state index contributed by atoms with van der Waals surface area (Å²) in [6.07, 6.45) is 0. The highest BCUT2D eigenvalue weighted by Crippen LogP contribution is 2.27.